The van der Waals surface area contributed by atoms with Gasteiger partial charge in [-0.2, -0.15) is 0 Å². The number of benzene rings is 1. The first-order valence-electron chi connectivity index (χ1n) is 4.80. The van der Waals surface area contributed by atoms with Crippen LogP contribution in [0.1, 0.15) is 5.01 Å². The maximum atomic E-state index is 13.0. The second kappa shape index (κ2) is 4.91. The third-order valence-corrected chi connectivity index (χ3v) is 3.32. The van der Waals surface area contributed by atoms with E-state index in [4.69, 9.17) is 17.3 Å². The molecule has 0 unspecified atom stereocenters. The standard InChI is InChI=1S/C11H10ClFN2S/c12-8-5-7(1-2-9(8)13)10-6-16-11(15-10)3-4-14/h1-2,5-6H,3-4,14H2. The lowest BCUT2D eigenvalue weighted by molar-refractivity contribution is 0.628. The molecule has 1 aromatic heterocycles. The topological polar surface area (TPSA) is 38.9 Å². The molecule has 1 aromatic carbocycles. The largest absolute Gasteiger partial charge is 0.330 e. The Morgan fingerprint density at radius 2 is 2.25 bits per heavy atom. The molecule has 16 heavy (non-hydrogen) atoms. The smallest absolute Gasteiger partial charge is 0.141 e. The molecule has 0 saturated carbocycles. The fourth-order valence-electron chi connectivity index (χ4n) is 1.34. The zero-order chi connectivity index (χ0) is 11.5. The van der Waals surface area contributed by atoms with Gasteiger partial charge < -0.3 is 5.73 Å². The summed E-state index contributed by atoms with van der Waals surface area (Å²) in [4.78, 5) is 4.40. The van der Waals surface area contributed by atoms with Crippen LogP contribution >= 0.6 is 22.9 Å². The van der Waals surface area contributed by atoms with Crippen LogP contribution in [0.25, 0.3) is 11.3 Å². The molecular formula is C11H10ClFN2S. The molecule has 2 rings (SSSR count). The first kappa shape index (κ1) is 11.5. The molecule has 0 aliphatic carbocycles. The quantitative estimate of drug-likeness (QED) is 0.917. The molecule has 1 heterocycles. The molecular weight excluding hydrogens is 247 g/mol. The summed E-state index contributed by atoms with van der Waals surface area (Å²) in [6.07, 6.45) is 0.763. The van der Waals surface area contributed by atoms with Crippen molar-refractivity contribution in [3.05, 3.63) is 39.4 Å². The van der Waals surface area contributed by atoms with E-state index in [2.05, 4.69) is 4.98 Å². The van der Waals surface area contributed by atoms with Crippen LogP contribution in [-0.2, 0) is 6.42 Å². The molecule has 0 aliphatic heterocycles. The Labute approximate surface area is 102 Å². The number of halogens is 2. The summed E-state index contributed by atoms with van der Waals surface area (Å²) in [5.74, 6) is -0.414. The number of aromatic nitrogens is 1. The van der Waals surface area contributed by atoms with Crippen molar-refractivity contribution in [2.75, 3.05) is 6.54 Å². The summed E-state index contributed by atoms with van der Waals surface area (Å²) >= 11 is 7.26. The fourth-order valence-corrected chi connectivity index (χ4v) is 2.34. The van der Waals surface area contributed by atoms with Gasteiger partial charge in [0.2, 0.25) is 0 Å². The average Bonchev–Trinajstić information content (AvgIpc) is 2.71. The van der Waals surface area contributed by atoms with Crippen LogP contribution in [0, 0.1) is 5.82 Å². The van der Waals surface area contributed by atoms with E-state index < -0.39 is 5.82 Å². The minimum Gasteiger partial charge on any atom is -0.330 e. The first-order valence-corrected chi connectivity index (χ1v) is 6.06. The predicted molar refractivity (Wildman–Crippen MR) is 65.3 cm³/mol. The summed E-state index contributed by atoms with van der Waals surface area (Å²) in [5.41, 5.74) is 7.09. The van der Waals surface area contributed by atoms with Crippen LogP contribution in [0.3, 0.4) is 0 Å². The molecule has 2 aromatic rings. The van der Waals surface area contributed by atoms with Gasteiger partial charge in [-0.15, -0.1) is 11.3 Å². The maximum Gasteiger partial charge on any atom is 0.141 e. The lowest BCUT2D eigenvalue weighted by Crippen LogP contribution is -2.01. The van der Waals surface area contributed by atoms with Crippen LogP contribution in [0.2, 0.25) is 5.02 Å². The van der Waals surface area contributed by atoms with Gasteiger partial charge in [-0.05, 0) is 24.7 Å². The molecule has 0 bridgehead atoms. The van der Waals surface area contributed by atoms with Gasteiger partial charge in [0.05, 0.1) is 15.7 Å². The van der Waals surface area contributed by atoms with Gasteiger partial charge in [-0.1, -0.05) is 11.6 Å². The van der Waals surface area contributed by atoms with Gasteiger partial charge in [0.1, 0.15) is 5.82 Å². The van der Waals surface area contributed by atoms with Gasteiger partial charge >= 0.3 is 0 Å². The van der Waals surface area contributed by atoms with E-state index in [0.717, 1.165) is 22.7 Å². The second-order valence-electron chi connectivity index (χ2n) is 3.29. The van der Waals surface area contributed by atoms with Crippen molar-refractivity contribution in [1.82, 2.24) is 4.98 Å². The van der Waals surface area contributed by atoms with Crippen molar-refractivity contribution in [3.63, 3.8) is 0 Å². The number of nitrogens with two attached hydrogens (primary N) is 1. The summed E-state index contributed by atoms with van der Waals surface area (Å²) in [7, 11) is 0. The third-order valence-electron chi connectivity index (χ3n) is 2.13. The zero-order valence-corrected chi connectivity index (χ0v) is 9.98. The van der Waals surface area contributed by atoms with E-state index in [1.165, 1.54) is 6.07 Å². The Morgan fingerprint density at radius 3 is 2.94 bits per heavy atom. The number of hydrogen-bond acceptors (Lipinski definition) is 3. The SMILES string of the molecule is NCCc1nc(-c2ccc(F)c(Cl)c2)cs1. The molecule has 0 aliphatic rings. The lowest BCUT2D eigenvalue weighted by Gasteiger charge is -1.98. The van der Waals surface area contributed by atoms with E-state index in [9.17, 15) is 4.39 Å². The van der Waals surface area contributed by atoms with Crippen molar-refractivity contribution in [2.24, 2.45) is 5.73 Å². The highest BCUT2D eigenvalue weighted by molar-refractivity contribution is 7.09. The first-order chi connectivity index (χ1) is 7.70. The van der Waals surface area contributed by atoms with E-state index in [-0.39, 0.29) is 5.02 Å². The zero-order valence-electron chi connectivity index (χ0n) is 8.41. The third kappa shape index (κ3) is 2.40. The van der Waals surface area contributed by atoms with Crippen molar-refractivity contribution in [3.8, 4) is 11.3 Å². The number of thiazole rings is 1. The van der Waals surface area contributed by atoms with Crippen molar-refractivity contribution >= 4 is 22.9 Å². The summed E-state index contributed by atoms with van der Waals surface area (Å²) in [6.45, 7) is 0.580. The molecule has 0 saturated heterocycles. The molecule has 2 nitrogen and oxygen atoms in total. The fraction of sp³-hybridized carbons (Fsp3) is 0.182. The van der Waals surface area contributed by atoms with Crippen LogP contribution < -0.4 is 5.73 Å². The Bertz CT molecular complexity index is 498. The van der Waals surface area contributed by atoms with Crippen molar-refractivity contribution in [1.29, 1.82) is 0 Å². The molecule has 2 N–H and O–H groups in total. The van der Waals surface area contributed by atoms with Crippen molar-refractivity contribution < 1.29 is 4.39 Å². The van der Waals surface area contributed by atoms with Crippen LogP contribution in [0.4, 0.5) is 4.39 Å². The lowest BCUT2D eigenvalue weighted by atomic mass is 10.2. The number of rotatable bonds is 3. The minimum atomic E-state index is -0.414. The molecule has 0 amide bonds. The second-order valence-corrected chi connectivity index (χ2v) is 4.64. The van der Waals surface area contributed by atoms with Gasteiger partial charge in [-0.3, -0.25) is 0 Å². The van der Waals surface area contributed by atoms with Crippen LogP contribution in [-0.4, -0.2) is 11.5 Å². The molecule has 0 spiro atoms. The van der Waals surface area contributed by atoms with E-state index in [0.29, 0.717) is 6.54 Å². The highest BCUT2D eigenvalue weighted by atomic mass is 35.5. The maximum absolute atomic E-state index is 13.0. The van der Waals surface area contributed by atoms with E-state index in [1.54, 1.807) is 23.5 Å². The minimum absolute atomic E-state index is 0.117. The molecule has 0 fully saturated rings. The monoisotopic (exact) mass is 256 g/mol. The predicted octanol–water partition coefficient (Wildman–Crippen LogP) is 3.10. The Hall–Kier alpha value is -0.970. The Balaban J connectivity index is 2.31. The van der Waals surface area contributed by atoms with Crippen LogP contribution in [0.15, 0.2) is 23.6 Å². The molecule has 0 atom stereocenters. The summed E-state index contributed by atoms with van der Waals surface area (Å²) in [6, 6.07) is 4.60. The van der Waals surface area contributed by atoms with Gasteiger partial charge in [0.15, 0.2) is 0 Å². The highest BCUT2D eigenvalue weighted by Crippen LogP contribution is 2.26. The summed E-state index contributed by atoms with van der Waals surface area (Å²) < 4.78 is 13.0. The average molecular weight is 257 g/mol. The molecule has 5 heteroatoms. The Morgan fingerprint density at radius 1 is 1.44 bits per heavy atom. The van der Waals surface area contributed by atoms with Gasteiger partial charge in [0, 0.05) is 17.4 Å². The van der Waals surface area contributed by atoms with Gasteiger partial charge in [-0.25, -0.2) is 9.37 Å². The van der Waals surface area contributed by atoms with E-state index >= 15 is 0 Å². The highest BCUT2D eigenvalue weighted by Gasteiger charge is 2.06. The van der Waals surface area contributed by atoms with Crippen molar-refractivity contribution in [2.45, 2.75) is 6.42 Å². The van der Waals surface area contributed by atoms with Crippen LogP contribution in [0.5, 0.6) is 0 Å². The molecule has 84 valence electrons. The Kier molecular flexibility index (Phi) is 3.53. The number of hydrogen-bond donors (Lipinski definition) is 1. The molecule has 0 radical (unpaired) electrons. The summed E-state index contributed by atoms with van der Waals surface area (Å²) in [5, 5.41) is 3.03. The number of nitrogens with zero attached hydrogens (tertiary/aromatic N) is 1. The van der Waals surface area contributed by atoms with Gasteiger partial charge in [0.25, 0.3) is 0 Å². The van der Waals surface area contributed by atoms with E-state index in [1.807, 2.05) is 5.38 Å². The normalized spacial score (nSPS) is 10.7.